The van der Waals surface area contributed by atoms with E-state index in [4.69, 9.17) is 0 Å². The minimum atomic E-state index is -0.399. The zero-order valence-corrected chi connectivity index (χ0v) is 16.9. The number of nitrogens with zero attached hydrogens (tertiary/aromatic N) is 2. The van der Waals surface area contributed by atoms with Crippen LogP contribution in [0.4, 0.5) is 5.69 Å². The first-order valence-electron chi connectivity index (χ1n) is 10.2. The maximum atomic E-state index is 12.8. The maximum Gasteiger partial charge on any atom is 0.251 e. The summed E-state index contributed by atoms with van der Waals surface area (Å²) in [4.78, 5) is 29.8. The molecule has 2 heterocycles. The van der Waals surface area contributed by atoms with Gasteiger partial charge in [-0.15, -0.1) is 0 Å². The lowest BCUT2D eigenvalue weighted by atomic mass is 9.94. The smallest absolute Gasteiger partial charge is 0.251 e. The second kappa shape index (κ2) is 6.62. The monoisotopic (exact) mass is 369 g/mol. The fourth-order valence-corrected chi connectivity index (χ4v) is 4.34. The van der Waals surface area contributed by atoms with Gasteiger partial charge in [0.05, 0.1) is 0 Å². The molecule has 27 heavy (non-hydrogen) atoms. The quantitative estimate of drug-likeness (QED) is 0.891. The van der Waals surface area contributed by atoms with Crippen molar-refractivity contribution in [3.63, 3.8) is 0 Å². The highest BCUT2D eigenvalue weighted by Crippen LogP contribution is 2.33. The van der Waals surface area contributed by atoms with Crippen molar-refractivity contribution in [1.82, 2.24) is 10.2 Å². The van der Waals surface area contributed by atoms with Crippen LogP contribution in [0.1, 0.15) is 56.5 Å². The zero-order chi connectivity index (χ0) is 19.3. The average Bonchev–Trinajstić information content (AvgIpc) is 3.28. The summed E-state index contributed by atoms with van der Waals surface area (Å²) < 4.78 is 0. The first-order chi connectivity index (χ1) is 12.7. The third-order valence-electron chi connectivity index (χ3n) is 6.14. The molecule has 1 N–H and O–H groups in total. The first kappa shape index (κ1) is 18.5. The largest absolute Gasteiger partial charge is 0.348 e. The summed E-state index contributed by atoms with van der Waals surface area (Å²) in [6.07, 6.45) is 3.43. The molecule has 4 rings (SSSR count). The second-order valence-electron chi connectivity index (χ2n) is 9.54. The molecule has 0 bridgehead atoms. The van der Waals surface area contributed by atoms with E-state index in [1.807, 2.05) is 43.9 Å². The topological polar surface area (TPSA) is 52.7 Å². The van der Waals surface area contributed by atoms with Gasteiger partial charge in [0.1, 0.15) is 0 Å². The summed E-state index contributed by atoms with van der Waals surface area (Å²) in [6.45, 7) is 10.8. The molecule has 0 radical (unpaired) electrons. The van der Waals surface area contributed by atoms with Gasteiger partial charge in [-0.2, -0.15) is 0 Å². The third kappa shape index (κ3) is 3.62. The van der Waals surface area contributed by atoms with E-state index in [0.717, 1.165) is 36.8 Å². The summed E-state index contributed by atoms with van der Waals surface area (Å²) >= 11 is 0. The summed E-state index contributed by atoms with van der Waals surface area (Å²) in [6, 6.07) is 6.75. The van der Waals surface area contributed by atoms with Gasteiger partial charge in [-0.3, -0.25) is 14.5 Å². The lowest BCUT2D eigenvalue weighted by molar-refractivity contribution is -0.125. The molecule has 5 nitrogen and oxygen atoms in total. The Balaban J connectivity index is 1.45. The van der Waals surface area contributed by atoms with E-state index in [1.54, 1.807) is 0 Å². The molecular weight excluding hydrogens is 338 g/mol. The summed E-state index contributed by atoms with van der Waals surface area (Å²) in [5.41, 5.74) is 2.36. The number of rotatable bonds is 3. The highest BCUT2D eigenvalue weighted by atomic mass is 16.2. The van der Waals surface area contributed by atoms with Gasteiger partial charge >= 0.3 is 0 Å². The molecule has 2 amide bonds. The van der Waals surface area contributed by atoms with Gasteiger partial charge in [-0.1, -0.05) is 27.7 Å². The molecular formula is C22H31N3O2. The molecule has 1 saturated carbocycles. The van der Waals surface area contributed by atoms with Crippen LogP contribution in [-0.2, 0) is 11.2 Å². The molecule has 0 unspecified atom stereocenters. The number of anilines is 1. The zero-order valence-electron chi connectivity index (χ0n) is 16.9. The van der Waals surface area contributed by atoms with Crippen LogP contribution in [0.2, 0.25) is 0 Å². The van der Waals surface area contributed by atoms with E-state index >= 15 is 0 Å². The number of likely N-dealkylation sites (tertiary alicyclic amines) is 1. The van der Waals surface area contributed by atoms with Crippen LogP contribution < -0.4 is 10.2 Å². The van der Waals surface area contributed by atoms with Gasteiger partial charge in [0, 0.05) is 48.4 Å². The molecule has 1 aromatic rings. The van der Waals surface area contributed by atoms with E-state index in [2.05, 4.69) is 17.1 Å². The molecule has 1 saturated heterocycles. The Morgan fingerprint density at radius 1 is 1.15 bits per heavy atom. The molecule has 1 aliphatic carbocycles. The average molecular weight is 370 g/mol. The number of nitrogens with one attached hydrogen (secondary N) is 1. The van der Waals surface area contributed by atoms with E-state index < -0.39 is 5.41 Å². The van der Waals surface area contributed by atoms with Crippen LogP contribution in [0, 0.1) is 11.3 Å². The summed E-state index contributed by atoms with van der Waals surface area (Å²) in [7, 11) is 0. The second-order valence-corrected chi connectivity index (χ2v) is 9.54. The van der Waals surface area contributed by atoms with Crippen molar-refractivity contribution >= 4 is 17.5 Å². The molecule has 0 aromatic heterocycles. The molecule has 1 aromatic carbocycles. The molecule has 2 fully saturated rings. The van der Waals surface area contributed by atoms with Crippen molar-refractivity contribution in [3.05, 3.63) is 29.3 Å². The van der Waals surface area contributed by atoms with Gasteiger partial charge in [0.2, 0.25) is 5.91 Å². The van der Waals surface area contributed by atoms with Gasteiger partial charge in [0.15, 0.2) is 0 Å². The first-order valence-corrected chi connectivity index (χ1v) is 10.2. The molecule has 3 aliphatic rings. The van der Waals surface area contributed by atoms with Gasteiger partial charge < -0.3 is 10.2 Å². The Hall–Kier alpha value is -1.88. The predicted octanol–water partition coefficient (Wildman–Crippen LogP) is 2.83. The van der Waals surface area contributed by atoms with Gasteiger partial charge in [0.25, 0.3) is 5.91 Å². The van der Waals surface area contributed by atoms with Gasteiger partial charge in [-0.25, -0.2) is 0 Å². The number of carbonyl (C=O) groups excluding carboxylic acids is 2. The maximum absolute atomic E-state index is 12.8. The number of benzene rings is 1. The lowest BCUT2D eigenvalue weighted by Crippen LogP contribution is -2.40. The van der Waals surface area contributed by atoms with Crippen LogP contribution in [0.25, 0.3) is 0 Å². The number of carbonyl (C=O) groups is 2. The Morgan fingerprint density at radius 2 is 1.89 bits per heavy atom. The van der Waals surface area contributed by atoms with Crippen molar-refractivity contribution in [1.29, 1.82) is 0 Å². The third-order valence-corrected chi connectivity index (χ3v) is 6.14. The van der Waals surface area contributed by atoms with Crippen LogP contribution in [0.3, 0.4) is 0 Å². The lowest BCUT2D eigenvalue weighted by Gasteiger charge is -2.26. The SMILES string of the molecule is C[C@H]1CN(C2CC2)C[C@H]1NC(=O)c1ccc2c(c1)CCN2C(=O)C(C)(C)C. The fourth-order valence-electron chi connectivity index (χ4n) is 4.34. The molecule has 0 spiro atoms. The Morgan fingerprint density at radius 3 is 2.56 bits per heavy atom. The molecule has 146 valence electrons. The Labute approximate surface area is 162 Å². The predicted molar refractivity (Wildman–Crippen MR) is 107 cm³/mol. The van der Waals surface area contributed by atoms with E-state index in [1.165, 1.54) is 12.8 Å². The number of amides is 2. The minimum absolute atomic E-state index is 0.00731. The number of hydrogen-bond acceptors (Lipinski definition) is 3. The van der Waals surface area contributed by atoms with Crippen LogP contribution in [0.5, 0.6) is 0 Å². The number of hydrogen-bond donors (Lipinski definition) is 1. The molecule has 2 atom stereocenters. The van der Waals surface area contributed by atoms with Crippen molar-refractivity contribution in [2.24, 2.45) is 11.3 Å². The molecule has 2 aliphatic heterocycles. The van der Waals surface area contributed by atoms with E-state index in [-0.39, 0.29) is 17.9 Å². The summed E-state index contributed by atoms with van der Waals surface area (Å²) in [5.74, 6) is 0.634. The van der Waals surface area contributed by atoms with Crippen molar-refractivity contribution in [3.8, 4) is 0 Å². The fraction of sp³-hybridized carbons (Fsp3) is 0.636. The van der Waals surface area contributed by atoms with Crippen LogP contribution in [-0.4, -0.2) is 48.4 Å². The van der Waals surface area contributed by atoms with E-state index in [0.29, 0.717) is 18.0 Å². The standard InChI is InChI=1S/C22H31N3O2/c1-14-12-24(17-6-7-17)13-18(14)23-20(26)16-5-8-19-15(11-16)9-10-25(19)21(27)22(2,3)4/h5,8,11,14,17-18H,6-7,9-10,12-13H2,1-4H3,(H,23,26)/t14-,18+/m0/s1. The highest BCUT2D eigenvalue weighted by Gasteiger charge is 2.39. The van der Waals surface area contributed by atoms with Crippen molar-refractivity contribution in [2.75, 3.05) is 24.5 Å². The van der Waals surface area contributed by atoms with Gasteiger partial charge in [-0.05, 0) is 48.9 Å². The highest BCUT2D eigenvalue weighted by molar-refractivity contribution is 6.00. The van der Waals surface area contributed by atoms with Crippen LogP contribution >= 0.6 is 0 Å². The van der Waals surface area contributed by atoms with Crippen LogP contribution in [0.15, 0.2) is 18.2 Å². The van der Waals surface area contributed by atoms with Crippen molar-refractivity contribution in [2.45, 2.75) is 59.0 Å². The Kier molecular flexibility index (Phi) is 4.53. The Bertz CT molecular complexity index is 763. The van der Waals surface area contributed by atoms with Crippen molar-refractivity contribution < 1.29 is 9.59 Å². The minimum Gasteiger partial charge on any atom is -0.348 e. The molecule has 5 heteroatoms. The number of fused-ring (bicyclic) bond motifs is 1. The normalized spacial score (nSPS) is 25.6. The summed E-state index contributed by atoms with van der Waals surface area (Å²) in [5, 5.41) is 3.25. The van der Waals surface area contributed by atoms with E-state index in [9.17, 15) is 9.59 Å².